The molecule has 0 spiro atoms. The van der Waals surface area contributed by atoms with Gasteiger partial charge in [-0.1, -0.05) is 36.6 Å². The maximum Gasteiger partial charge on any atom is 0.243 e. The standard InChI is InChI=1S/C20H23NO4S/c1-15-6-9-18(10-7-15)26(22,23)21(17-4-2-3-5-17)13-16-8-11-19-20(12-16)25-14-24-19/h6-12,17H,2-5,13-14H2,1H3. The average Bonchev–Trinajstić information content (AvgIpc) is 3.31. The van der Waals surface area contributed by atoms with Crippen molar-refractivity contribution in [3.8, 4) is 11.5 Å². The number of rotatable bonds is 5. The van der Waals surface area contributed by atoms with Crippen molar-refractivity contribution in [3.63, 3.8) is 0 Å². The summed E-state index contributed by atoms with van der Waals surface area (Å²) < 4.78 is 39.1. The van der Waals surface area contributed by atoms with Crippen LogP contribution < -0.4 is 9.47 Å². The molecule has 1 fully saturated rings. The molecule has 2 aliphatic rings. The zero-order chi connectivity index (χ0) is 18.1. The first-order valence-corrected chi connectivity index (χ1v) is 10.4. The molecular formula is C20H23NO4S. The minimum absolute atomic E-state index is 0.0479. The number of sulfonamides is 1. The maximum atomic E-state index is 13.3. The van der Waals surface area contributed by atoms with Gasteiger partial charge >= 0.3 is 0 Å². The quantitative estimate of drug-likeness (QED) is 0.799. The van der Waals surface area contributed by atoms with Gasteiger partial charge in [0.2, 0.25) is 16.8 Å². The van der Waals surface area contributed by atoms with Crippen LogP contribution >= 0.6 is 0 Å². The molecule has 1 aliphatic heterocycles. The van der Waals surface area contributed by atoms with E-state index in [1.165, 1.54) is 0 Å². The van der Waals surface area contributed by atoms with Crippen molar-refractivity contribution in [1.29, 1.82) is 0 Å². The molecule has 0 amide bonds. The van der Waals surface area contributed by atoms with E-state index in [-0.39, 0.29) is 12.8 Å². The lowest BCUT2D eigenvalue weighted by Gasteiger charge is -2.28. The molecule has 0 saturated heterocycles. The highest BCUT2D eigenvalue weighted by Crippen LogP contribution is 2.35. The van der Waals surface area contributed by atoms with Gasteiger partial charge < -0.3 is 9.47 Å². The summed E-state index contributed by atoms with van der Waals surface area (Å²) in [6.45, 7) is 2.52. The summed E-state index contributed by atoms with van der Waals surface area (Å²) in [5, 5.41) is 0. The van der Waals surface area contributed by atoms with Gasteiger partial charge in [-0.2, -0.15) is 4.31 Å². The number of ether oxygens (including phenoxy) is 2. The van der Waals surface area contributed by atoms with Gasteiger partial charge in [-0.25, -0.2) is 8.42 Å². The summed E-state index contributed by atoms with van der Waals surface area (Å²) in [5.41, 5.74) is 1.96. The Morgan fingerprint density at radius 1 is 1.00 bits per heavy atom. The summed E-state index contributed by atoms with van der Waals surface area (Å²) in [7, 11) is -3.55. The van der Waals surface area contributed by atoms with Gasteiger partial charge in [0.1, 0.15) is 0 Å². The maximum absolute atomic E-state index is 13.3. The fourth-order valence-electron chi connectivity index (χ4n) is 3.67. The van der Waals surface area contributed by atoms with Crippen molar-refractivity contribution in [2.24, 2.45) is 0 Å². The molecule has 26 heavy (non-hydrogen) atoms. The number of aryl methyl sites for hydroxylation is 1. The molecule has 2 aromatic carbocycles. The Hall–Kier alpha value is -2.05. The van der Waals surface area contributed by atoms with Crippen molar-refractivity contribution in [2.45, 2.75) is 50.1 Å². The van der Waals surface area contributed by atoms with E-state index in [1.54, 1.807) is 16.4 Å². The highest BCUT2D eigenvalue weighted by atomic mass is 32.2. The van der Waals surface area contributed by atoms with E-state index in [0.29, 0.717) is 22.9 Å². The number of nitrogens with zero attached hydrogens (tertiary/aromatic N) is 1. The summed E-state index contributed by atoms with van der Waals surface area (Å²) >= 11 is 0. The second kappa shape index (κ2) is 6.93. The zero-order valence-electron chi connectivity index (χ0n) is 14.8. The molecule has 6 heteroatoms. The highest BCUT2D eigenvalue weighted by molar-refractivity contribution is 7.89. The van der Waals surface area contributed by atoms with Crippen molar-refractivity contribution < 1.29 is 17.9 Å². The summed E-state index contributed by atoms with van der Waals surface area (Å²) in [5.74, 6) is 1.39. The van der Waals surface area contributed by atoms with Crippen LogP contribution in [0.3, 0.4) is 0 Å². The van der Waals surface area contributed by atoms with Gasteiger partial charge in [0.05, 0.1) is 4.90 Å². The van der Waals surface area contributed by atoms with Crippen LogP contribution in [0.4, 0.5) is 0 Å². The van der Waals surface area contributed by atoms with E-state index in [0.717, 1.165) is 36.8 Å². The Bertz CT molecular complexity index is 887. The average molecular weight is 373 g/mol. The molecule has 0 aromatic heterocycles. The Labute approximate surface area is 154 Å². The number of fused-ring (bicyclic) bond motifs is 1. The summed E-state index contributed by atoms with van der Waals surface area (Å²) in [6, 6.07) is 12.8. The minimum atomic E-state index is -3.55. The Balaban J connectivity index is 1.67. The number of hydrogen-bond acceptors (Lipinski definition) is 4. The normalized spacial score (nSPS) is 17.2. The van der Waals surface area contributed by atoms with Crippen molar-refractivity contribution >= 4 is 10.0 Å². The second-order valence-corrected chi connectivity index (χ2v) is 8.88. The molecule has 5 nitrogen and oxygen atoms in total. The lowest BCUT2D eigenvalue weighted by Crippen LogP contribution is -2.38. The Morgan fingerprint density at radius 3 is 2.42 bits per heavy atom. The lowest BCUT2D eigenvalue weighted by atomic mass is 10.1. The van der Waals surface area contributed by atoms with Crippen molar-refractivity contribution in [3.05, 3.63) is 53.6 Å². The fourth-order valence-corrected chi connectivity index (χ4v) is 5.34. The molecule has 0 unspecified atom stereocenters. The first kappa shape index (κ1) is 17.4. The lowest BCUT2D eigenvalue weighted by molar-refractivity contribution is 0.174. The zero-order valence-corrected chi connectivity index (χ0v) is 15.7. The molecule has 0 atom stereocenters. The highest BCUT2D eigenvalue weighted by Gasteiger charge is 2.33. The summed E-state index contributed by atoms with van der Waals surface area (Å²) in [4.78, 5) is 0.357. The van der Waals surface area contributed by atoms with Gasteiger partial charge in [-0.15, -0.1) is 0 Å². The molecule has 138 valence electrons. The van der Waals surface area contributed by atoms with Crippen LogP contribution in [-0.4, -0.2) is 25.6 Å². The van der Waals surface area contributed by atoms with Gasteiger partial charge in [0.15, 0.2) is 11.5 Å². The van der Waals surface area contributed by atoms with Crippen LogP contribution in [0, 0.1) is 6.92 Å². The molecule has 1 heterocycles. The van der Waals surface area contributed by atoms with Gasteiger partial charge in [-0.3, -0.25) is 0 Å². The summed E-state index contributed by atoms with van der Waals surface area (Å²) in [6.07, 6.45) is 3.97. The molecule has 4 rings (SSSR count). The largest absolute Gasteiger partial charge is 0.454 e. The molecule has 0 bridgehead atoms. The van der Waals surface area contributed by atoms with Crippen LogP contribution in [0.5, 0.6) is 11.5 Å². The predicted octanol–water partition coefficient (Wildman–Crippen LogP) is 3.86. The molecule has 1 saturated carbocycles. The molecule has 0 N–H and O–H groups in total. The predicted molar refractivity (Wildman–Crippen MR) is 98.7 cm³/mol. The van der Waals surface area contributed by atoms with Crippen molar-refractivity contribution in [1.82, 2.24) is 4.31 Å². The molecule has 0 radical (unpaired) electrons. The van der Waals surface area contributed by atoms with Crippen LogP contribution in [0.1, 0.15) is 36.8 Å². The van der Waals surface area contributed by atoms with Gasteiger partial charge in [-0.05, 0) is 49.6 Å². The van der Waals surface area contributed by atoms with E-state index in [1.807, 2.05) is 37.3 Å². The van der Waals surface area contributed by atoms with Crippen LogP contribution in [0.15, 0.2) is 47.4 Å². The molecule has 1 aliphatic carbocycles. The Kier molecular flexibility index (Phi) is 4.63. The van der Waals surface area contributed by atoms with Gasteiger partial charge in [0, 0.05) is 12.6 Å². The third-order valence-corrected chi connectivity index (χ3v) is 7.05. The Morgan fingerprint density at radius 2 is 1.69 bits per heavy atom. The molecular weight excluding hydrogens is 350 g/mol. The van der Waals surface area contributed by atoms with E-state index in [2.05, 4.69) is 0 Å². The smallest absolute Gasteiger partial charge is 0.243 e. The topological polar surface area (TPSA) is 55.8 Å². The third-order valence-electron chi connectivity index (χ3n) is 5.13. The van der Waals surface area contributed by atoms with Crippen molar-refractivity contribution in [2.75, 3.05) is 6.79 Å². The van der Waals surface area contributed by atoms with E-state index < -0.39 is 10.0 Å². The van der Waals surface area contributed by atoms with Crippen LogP contribution in [0.2, 0.25) is 0 Å². The van der Waals surface area contributed by atoms with E-state index >= 15 is 0 Å². The first-order valence-electron chi connectivity index (χ1n) is 9.01. The minimum Gasteiger partial charge on any atom is -0.454 e. The number of hydrogen-bond donors (Lipinski definition) is 0. The third kappa shape index (κ3) is 3.31. The van der Waals surface area contributed by atoms with E-state index in [9.17, 15) is 8.42 Å². The van der Waals surface area contributed by atoms with E-state index in [4.69, 9.17) is 9.47 Å². The number of benzene rings is 2. The first-order chi connectivity index (χ1) is 12.5. The molecule has 2 aromatic rings. The van der Waals surface area contributed by atoms with Crippen LogP contribution in [0.25, 0.3) is 0 Å². The second-order valence-electron chi connectivity index (χ2n) is 6.99. The van der Waals surface area contributed by atoms with Crippen LogP contribution in [-0.2, 0) is 16.6 Å². The SMILES string of the molecule is Cc1ccc(S(=O)(=O)N(Cc2ccc3c(c2)OCO3)C2CCCC2)cc1. The van der Waals surface area contributed by atoms with Gasteiger partial charge in [0.25, 0.3) is 0 Å². The monoisotopic (exact) mass is 373 g/mol. The fraction of sp³-hybridized carbons (Fsp3) is 0.400.